The van der Waals surface area contributed by atoms with Crippen molar-refractivity contribution < 1.29 is 4.79 Å². The molecule has 5 heteroatoms. The molecular weight excluding hydrogens is 360 g/mol. The van der Waals surface area contributed by atoms with Gasteiger partial charge in [0.1, 0.15) is 11.6 Å². The molecular formula is C24H18N4O. The number of anilines is 1. The van der Waals surface area contributed by atoms with Crippen LogP contribution in [0.4, 0.5) is 5.69 Å². The molecule has 29 heavy (non-hydrogen) atoms. The first-order valence-corrected chi connectivity index (χ1v) is 9.20. The first-order valence-electron chi connectivity index (χ1n) is 9.20. The maximum Gasteiger partial charge on any atom is 0.266 e. The van der Waals surface area contributed by atoms with Crippen LogP contribution >= 0.6 is 0 Å². The number of rotatable bonds is 5. The fourth-order valence-corrected chi connectivity index (χ4v) is 3.15. The maximum absolute atomic E-state index is 12.7. The summed E-state index contributed by atoms with van der Waals surface area (Å²) >= 11 is 0. The topological polar surface area (TPSA) is 70.7 Å². The molecule has 0 bridgehead atoms. The highest BCUT2D eigenvalue weighted by molar-refractivity contribution is 6.12. The Morgan fingerprint density at radius 1 is 1.03 bits per heavy atom. The number of carbonyl (C=O) groups is 1. The maximum atomic E-state index is 12.7. The summed E-state index contributed by atoms with van der Waals surface area (Å²) in [5, 5.41) is 18.6. The second kappa shape index (κ2) is 8.24. The van der Waals surface area contributed by atoms with Gasteiger partial charge in [0.05, 0.1) is 12.7 Å². The van der Waals surface area contributed by atoms with Crippen LogP contribution in [0.25, 0.3) is 16.8 Å². The Morgan fingerprint density at radius 3 is 2.62 bits per heavy atom. The zero-order chi connectivity index (χ0) is 20.1. The normalized spacial score (nSPS) is 11.2. The van der Waals surface area contributed by atoms with E-state index in [1.807, 2.05) is 85.1 Å². The van der Waals surface area contributed by atoms with Gasteiger partial charge in [-0.3, -0.25) is 9.48 Å². The summed E-state index contributed by atoms with van der Waals surface area (Å²) in [5.74, 6) is -0.445. The molecule has 1 N–H and O–H groups in total. The number of benzene rings is 3. The highest BCUT2D eigenvalue weighted by atomic mass is 16.1. The quantitative estimate of drug-likeness (QED) is 0.406. The molecule has 4 aromatic rings. The molecule has 0 saturated heterocycles. The Hall–Kier alpha value is -4.17. The van der Waals surface area contributed by atoms with Gasteiger partial charge < -0.3 is 5.32 Å². The molecule has 1 amide bonds. The van der Waals surface area contributed by atoms with Crippen LogP contribution in [0.5, 0.6) is 0 Å². The van der Waals surface area contributed by atoms with E-state index in [1.54, 1.807) is 17.0 Å². The van der Waals surface area contributed by atoms with Crippen molar-refractivity contribution in [3.63, 3.8) is 0 Å². The number of hydrogen-bond acceptors (Lipinski definition) is 3. The van der Waals surface area contributed by atoms with E-state index in [-0.39, 0.29) is 5.57 Å². The van der Waals surface area contributed by atoms with Crippen LogP contribution in [0.3, 0.4) is 0 Å². The van der Waals surface area contributed by atoms with Crippen LogP contribution in [0.1, 0.15) is 11.1 Å². The summed E-state index contributed by atoms with van der Waals surface area (Å²) in [5.41, 5.74) is 2.53. The fourth-order valence-electron chi connectivity index (χ4n) is 3.15. The molecule has 0 fully saturated rings. The molecule has 1 heterocycles. The van der Waals surface area contributed by atoms with Gasteiger partial charge in [0, 0.05) is 22.8 Å². The van der Waals surface area contributed by atoms with Gasteiger partial charge in [-0.2, -0.15) is 10.4 Å². The van der Waals surface area contributed by atoms with Crippen molar-refractivity contribution in [1.82, 2.24) is 9.78 Å². The predicted molar refractivity (Wildman–Crippen MR) is 114 cm³/mol. The Labute approximate surface area is 168 Å². The van der Waals surface area contributed by atoms with Crippen LogP contribution in [-0.2, 0) is 11.3 Å². The van der Waals surface area contributed by atoms with Gasteiger partial charge in [-0.15, -0.1) is 0 Å². The number of nitrogens with one attached hydrogen (secondary N) is 1. The number of amides is 1. The third-order valence-corrected chi connectivity index (χ3v) is 4.55. The van der Waals surface area contributed by atoms with E-state index >= 15 is 0 Å². The summed E-state index contributed by atoms with van der Waals surface area (Å²) in [6.45, 7) is 0.624. The third-order valence-electron chi connectivity index (χ3n) is 4.55. The first kappa shape index (κ1) is 18.2. The Balaban J connectivity index is 1.53. The number of carbonyl (C=O) groups excluding carboxylic acids is 1. The van der Waals surface area contributed by atoms with E-state index < -0.39 is 5.91 Å². The van der Waals surface area contributed by atoms with Crippen LogP contribution in [-0.4, -0.2) is 15.7 Å². The molecule has 0 saturated carbocycles. The van der Waals surface area contributed by atoms with Crippen molar-refractivity contribution >= 4 is 28.4 Å². The van der Waals surface area contributed by atoms with Crippen LogP contribution < -0.4 is 5.32 Å². The van der Waals surface area contributed by atoms with E-state index in [4.69, 9.17) is 0 Å². The molecule has 0 aliphatic heterocycles. The zero-order valence-corrected chi connectivity index (χ0v) is 15.6. The van der Waals surface area contributed by atoms with Gasteiger partial charge in [0.15, 0.2) is 0 Å². The average molecular weight is 378 g/mol. The first-order chi connectivity index (χ1) is 14.2. The summed E-state index contributed by atoms with van der Waals surface area (Å²) in [4.78, 5) is 12.7. The van der Waals surface area contributed by atoms with Crippen LogP contribution in [0.15, 0.2) is 90.8 Å². The predicted octanol–water partition coefficient (Wildman–Crippen LogP) is 4.63. The summed E-state index contributed by atoms with van der Waals surface area (Å²) < 4.78 is 1.78. The van der Waals surface area contributed by atoms with Crippen LogP contribution in [0, 0.1) is 11.3 Å². The minimum atomic E-state index is -0.445. The molecule has 0 spiro atoms. The average Bonchev–Trinajstić information content (AvgIpc) is 3.20. The minimum absolute atomic E-state index is 0.0252. The van der Waals surface area contributed by atoms with Gasteiger partial charge >= 0.3 is 0 Å². The van der Waals surface area contributed by atoms with E-state index in [1.165, 1.54) is 0 Å². The molecule has 4 rings (SSSR count). The second-order valence-electron chi connectivity index (χ2n) is 6.61. The number of fused-ring (bicyclic) bond motifs is 1. The van der Waals surface area contributed by atoms with Gasteiger partial charge in [-0.1, -0.05) is 66.7 Å². The van der Waals surface area contributed by atoms with Crippen molar-refractivity contribution in [2.45, 2.75) is 6.54 Å². The molecule has 0 unspecified atom stereocenters. The molecule has 0 atom stereocenters. The second-order valence-corrected chi connectivity index (χ2v) is 6.61. The lowest BCUT2D eigenvalue weighted by molar-refractivity contribution is -0.112. The third kappa shape index (κ3) is 4.23. The Morgan fingerprint density at radius 2 is 1.79 bits per heavy atom. The zero-order valence-electron chi connectivity index (χ0n) is 15.6. The highest BCUT2D eigenvalue weighted by Gasteiger charge is 2.12. The van der Waals surface area contributed by atoms with E-state index in [9.17, 15) is 10.1 Å². The van der Waals surface area contributed by atoms with Gasteiger partial charge in [-0.05, 0) is 23.1 Å². The molecule has 3 aromatic carbocycles. The Kier molecular flexibility index (Phi) is 5.17. The number of nitriles is 1. The number of nitrogens with zero attached hydrogens (tertiary/aromatic N) is 3. The number of aromatic nitrogens is 2. The largest absolute Gasteiger partial charge is 0.321 e. The van der Waals surface area contributed by atoms with Gasteiger partial charge in [-0.25, -0.2) is 0 Å². The monoisotopic (exact) mass is 378 g/mol. The lowest BCUT2D eigenvalue weighted by atomic mass is 10.1. The van der Waals surface area contributed by atoms with Crippen molar-refractivity contribution in [2.24, 2.45) is 0 Å². The van der Waals surface area contributed by atoms with Crippen LogP contribution in [0.2, 0.25) is 0 Å². The standard InChI is InChI=1S/C24H18N4O/c25-14-21(13-19-15-26-28(17-19)16-18-7-2-1-3-8-18)24(29)27-23-12-6-10-20-9-4-5-11-22(20)23/h1-13,15,17H,16H2,(H,27,29)/b21-13+. The lowest BCUT2D eigenvalue weighted by Gasteiger charge is -2.08. The molecule has 0 aliphatic rings. The van der Waals surface area contributed by atoms with Crippen molar-refractivity contribution in [3.05, 3.63) is 102 Å². The molecule has 0 aliphatic carbocycles. The SMILES string of the molecule is N#C/C(=C\c1cnn(Cc2ccccc2)c1)C(=O)Nc1cccc2ccccc12. The van der Waals surface area contributed by atoms with E-state index in [0.717, 1.165) is 16.3 Å². The smallest absolute Gasteiger partial charge is 0.266 e. The summed E-state index contributed by atoms with van der Waals surface area (Å²) in [7, 11) is 0. The Bertz CT molecular complexity index is 1230. The number of hydrogen-bond donors (Lipinski definition) is 1. The van der Waals surface area contributed by atoms with Gasteiger partial charge in [0.2, 0.25) is 0 Å². The summed E-state index contributed by atoms with van der Waals surface area (Å²) in [6.07, 6.45) is 5.01. The highest BCUT2D eigenvalue weighted by Crippen LogP contribution is 2.23. The minimum Gasteiger partial charge on any atom is -0.321 e. The van der Waals surface area contributed by atoms with E-state index in [2.05, 4.69) is 10.4 Å². The molecule has 140 valence electrons. The molecule has 1 aromatic heterocycles. The fraction of sp³-hybridized carbons (Fsp3) is 0.0417. The lowest BCUT2D eigenvalue weighted by Crippen LogP contribution is -2.13. The van der Waals surface area contributed by atoms with Gasteiger partial charge in [0.25, 0.3) is 5.91 Å². The molecule has 0 radical (unpaired) electrons. The van der Waals surface area contributed by atoms with Crippen molar-refractivity contribution in [2.75, 3.05) is 5.32 Å². The van der Waals surface area contributed by atoms with Crippen molar-refractivity contribution in [1.29, 1.82) is 5.26 Å². The molecule has 5 nitrogen and oxygen atoms in total. The summed E-state index contributed by atoms with van der Waals surface area (Å²) in [6, 6.07) is 25.4. The van der Waals surface area contributed by atoms with Crippen molar-refractivity contribution in [3.8, 4) is 6.07 Å². The van der Waals surface area contributed by atoms with E-state index in [0.29, 0.717) is 17.8 Å².